The highest BCUT2D eigenvalue weighted by Crippen LogP contribution is 2.29. The third-order valence-electron chi connectivity index (χ3n) is 3.60. The van der Waals surface area contributed by atoms with Crippen LogP contribution in [0, 0.1) is 0 Å². The Morgan fingerprint density at radius 3 is 2.89 bits per heavy atom. The van der Waals surface area contributed by atoms with Crippen molar-refractivity contribution >= 4 is 0 Å². The maximum absolute atomic E-state index is 5.72. The van der Waals surface area contributed by atoms with E-state index >= 15 is 0 Å². The molecule has 2 nitrogen and oxygen atoms in total. The molecule has 0 saturated heterocycles. The average molecular weight is 247 g/mol. The molecular weight excluding hydrogens is 222 g/mol. The third-order valence-corrected chi connectivity index (χ3v) is 3.60. The number of benzene rings is 1. The molecule has 1 aromatic rings. The van der Waals surface area contributed by atoms with Crippen molar-refractivity contribution < 1.29 is 4.74 Å². The summed E-state index contributed by atoms with van der Waals surface area (Å²) in [5.41, 5.74) is 2.87. The van der Waals surface area contributed by atoms with Crippen LogP contribution in [0.5, 0.6) is 5.75 Å². The van der Waals surface area contributed by atoms with E-state index in [1.165, 1.54) is 43.2 Å². The lowest BCUT2D eigenvalue weighted by atomic mass is 10.0. The smallest absolute Gasteiger partial charge is 0.123 e. The molecule has 1 aromatic carbocycles. The number of hydrogen-bond acceptors (Lipinski definition) is 2. The minimum Gasteiger partial charge on any atom is -0.490 e. The summed E-state index contributed by atoms with van der Waals surface area (Å²) in [5.74, 6) is 1.10. The van der Waals surface area contributed by atoms with Crippen LogP contribution in [0.1, 0.15) is 43.7 Å². The lowest BCUT2D eigenvalue weighted by molar-refractivity contribution is 0.254. The van der Waals surface area contributed by atoms with Gasteiger partial charge in [0.1, 0.15) is 11.9 Å². The van der Waals surface area contributed by atoms with Crippen molar-refractivity contribution in [3.8, 4) is 5.75 Å². The predicted molar refractivity (Wildman–Crippen MR) is 76.3 cm³/mol. The van der Waals surface area contributed by atoms with Crippen LogP contribution in [0.3, 0.4) is 0 Å². The minimum absolute atomic E-state index is 0.358. The van der Waals surface area contributed by atoms with Gasteiger partial charge in [-0.2, -0.15) is 0 Å². The Bertz CT molecular complexity index is 375. The molecule has 100 valence electrons. The molecule has 1 atom stereocenters. The first kappa shape index (κ1) is 13.4. The molecule has 0 radical (unpaired) electrons. The summed E-state index contributed by atoms with van der Waals surface area (Å²) in [6, 6.07) is 6.71. The number of nitrogens with one attached hydrogen (secondary N) is 1. The second-order valence-corrected chi connectivity index (χ2v) is 5.34. The number of hydrogen-bond donors (Lipinski definition) is 1. The van der Waals surface area contributed by atoms with Gasteiger partial charge in [0, 0.05) is 6.42 Å². The van der Waals surface area contributed by atoms with Crippen molar-refractivity contribution in [3.05, 3.63) is 29.3 Å². The number of rotatable bonds is 7. The summed E-state index contributed by atoms with van der Waals surface area (Å²) in [7, 11) is 2.02. The van der Waals surface area contributed by atoms with Crippen LogP contribution in [-0.2, 0) is 12.8 Å². The molecule has 0 bridgehead atoms. The first-order valence-electron chi connectivity index (χ1n) is 7.22. The normalized spacial score (nSPS) is 17.6. The first-order valence-corrected chi connectivity index (χ1v) is 7.22. The quantitative estimate of drug-likeness (QED) is 0.746. The highest BCUT2D eigenvalue weighted by Gasteiger charge is 2.18. The van der Waals surface area contributed by atoms with Crippen LogP contribution in [-0.4, -0.2) is 19.7 Å². The van der Waals surface area contributed by atoms with E-state index in [0.29, 0.717) is 6.10 Å². The Kier molecular flexibility index (Phi) is 5.06. The molecule has 1 heterocycles. The molecule has 1 N–H and O–H groups in total. The predicted octanol–water partition coefficient (Wildman–Crippen LogP) is 3.33. The van der Waals surface area contributed by atoms with E-state index in [1.54, 1.807) is 0 Å². The highest BCUT2D eigenvalue weighted by atomic mass is 16.5. The van der Waals surface area contributed by atoms with Gasteiger partial charge >= 0.3 is 0 Å². The van der Waals surface area contributed by atoms with Gasteiger partial charge in [-0.25, -0.2) is 0 Å². The summed E-state index contributed by atoms with van der Waals surface area (Å²) in [5, 5.41) is 3.19. The van der Waals surface area contributed by atoms with Crippen molar-refractivity contribution in [2.75, 3.05) is 13.6 Å². The van der Waals surface area contributed by atoms with Crippen molar-refractivity contribution in [2.24, 2.45) is 0 Å². The van der Waals surface area contributed by atoms with Gasteiger partial charge in [0.05, 0.1) is 0 Å². The first-order chi connectivity index (χ1) is 8.79. The van der Waals surface area contributed by atoms with Crippen LogP contribution in [0.2, 0.25) is 0 Å². The van der Waals surface area contributed by atoms with Crippen molar-refractivity contribution in [1.82, 2.24) is 5.32 Å². The summed E-state index contributed by atoms with van der Waals surface area (Å²) in [6.45, 7) is 3.29. The fraction of sp³-hybridized carbons (Fsp3) is 0.625. The Hall–Kier alpha value is -1.02. The highest BCUT2D eigenvalue weighted by molar-refractivity contribution is 5.40. The maximum Gasteiger partial charge on any atom is 0.123 e. The van der Waals surface area contributed by atoms with Gasteiger partial charge in [-0.3, -0.25) is 0 Å². The van der Waals surface area contributed by atoms with Crippen LogP contribution in [0.25, 0.3) is 0 Å². The summed E-state index contributed by atoms with van der Waals surface area (Å²) < 4.78 is 5.72. The molecule has 0 aromatic heterocycles. The SMILES string of the molecule is CNCCCCCCc1ccc2c(c1)CC(C)O2. The van der Waals surface area contributed by atoms with E-state index in [0.717, 1.165) is 18.7 Å². The molecule has 1 aliphatic heterocycles. The minimum atomic E-state index is 0.358. The topological polar surface area (TPSA) is 21.3 Å². The van der Waals surface area contributed by atoms with Crippen LogP contribution in [0.4, 0.5) is 0 Å². The molecule has 2 heteroatoms. The zero-order valence-electron chi connectivity index (χ0n) is 11.7. The Morgan fingerprint density at radius 2 is 2.06 bits per heavy atom. The fourth-order valence-corrected chi connectivity index (χ4v) is 2.62. The van der Waals surface area contributed by atoms with Crippen molar-refractivity contribution in [2.45, 2.75) is 51.6 Å². The molecule has 0 saturated carbocycles. The van der Waals surface area contributed by atoms with Crippen LogP contribution in [0.15, 0.2) is 18.2 Å². The monoisotopic (exact) mass is 247 g/mol. The zero-order chi connectivity index (χ0) is 12.8. The van der Waals surface area contributed by atoms with Crippen LogP contribution >= 0.6 is 0 Å². The van der Waals surface area contributed by atoms with Crippen LogP contribution < -0.4 is 10.1 Å². The van der Waals surface area contributed by atoms with E-state index in [-0.39, 0.29) is 0 Å². The molecule has 0 fully saturated rings. The molecular formula is C16H25NO. The summed E-state index contributed by atoms with van der Waals surface area (Å²) in [4.78, 5) is 0. The number of aryl methyl sites for hydroxylation is 1. The van der Waals surface area contributed by atoms with Crippen molar-refractivity contribution in [3.63, 3.8) is 0 Å². The van der Waals surface area contributed by atoms with E-state index in [4.69, 9.17) is 4.74 Å². The zero-order valence-corrected chi connectivity index (χ0v) is 11.7. The lowest BCUT2D eigenvalue weighted by Gasteiger charge is -2.05. The number of ether oxygens (including phenoxy) is 1. The maximum atomic E-state index is 5.72. The molecule has 1 unspecified atom stereocenters. The Balaban J connectivity index is 1.72. The third kappa shape index (κ3) is 3.74. The second-order valence-electron chi connectivity index (χ2n) is 5.34. The summed E-state index contributed by atoms with van der Waals surface area (Å²) >= 11 is 0. The van der Waals surface area contributed by atoms with E-state index < -0.39 is 0 Å². The van der Waals surface area contributed by atoms with Gasteiger partial charge in [-0.05, 0) is 57.0 Å². The Morgan fingerprint density at radius 1 is 1.22 bits per heavy atom. The van der Waals surface area contributed by atoms with Gasteiger partial charge in [0.2, 0.25) is 0 Å². The van der Waals surface area contributed by atoms with Gasteiger partial charge < -0.3 is 10.1 Å². The average Bonchev–Trinajstić information content (AvgIpc) is 2.73. The molecule has 1 aliphatic rings. The Labute approximate surface area is 111 Å². The van der Waals surface area contributed by atoms with Gasteiger partial charge in [-0.15, -0.1) is 0 Å². The number of unbranched alkanes of at least 4 members (excludes halogenated alkanes) is 3. The van der Waals surface area contributed by atoms with E-state index in [9.17, 15) is 0 Å². The summed E-state index contributed by atoms with van der Waals surface area (Å²) in [6.07, 6.45) is 7.92. The van der Waals surface area contributed by atoms with Gasteiger partial charge in [0.25, 0.3) is 0 Å². The standard InChI is InChI=1S/C16H25NO/c1-13-11-15-12-14(8-9-16(15)18-13)7-5-3-4-6-10-17-2/h8-9,12-13,17H,3-7,10-11H2,1-2H3. The van der Waals surface area contributed by atoms with E-state index in [2.05, 4.69) is 30.4 Å². The molecule has 18 heavy (non-hydrogen) atoms. The number of fused-ring (bicyclic) bond motifs is 1. The molecule has 2 rings (SSSR count). The van der Waals surface area contributed by atoms with Gasteiger partial charge in [0.15, 0.2) is 0 Å². The molecule has 0 spiro atoms. The molecule has 0 aliphatic carbocycles. The lowest BCUT2D eigenvalue weighted by Crippen LogP contribution is -2.06. The largest absolute Gasteiger partial charge is 0.490 e. The molecule has 0 amide bonds. The van der Waals surface area contributed by atoms with Crippen molar-refractivity contribution in [1.29, 1.82) is 0 Å². The fourth-order valence-electron chi connectivity index (χ4n) is 2.62. The van der Waals surface area contributed by atoms with E-state index in [1.807, 2.05) is 7.05 Å². The van der Waals surface area contributed by atoms with Gasteiger partial charge in [-0.1, -0.05) is 25.0 Å². The second kappa shape index (κ2) is 6.79.